The number of methoxy groups -OCH3 is 1. The van der Waals surface area contributed by atoms with Gasteiger partial charge in [0.05, 0.1) is 53.5 Å². The molecule has 3 atom stereocenters. The zero-order valence-electron chi connectivity index (χ0n) is 22.3. The summed E-state index contributed by atoms with van der Waals surface area (Å²) < 4.78 is 8.52. The summed E-state index contributed by atoms with van der Waals surface area (Å²) in [4.78, 5) is 18.9. The van der Waals surface area contributed by atoms with Gasteiger partial charge in [-0.3, -0.25) is 14.4 Å². The second-order valence-electron chi connectivity index (χ2n) is 10.5. The number of amidine groups is 1. The van der Waals surface area contributed by atoms with Gasteiger partial charge in [-0.15, -0.1) is 0 Å². The van der Waals surface area contributed by atoms with E-state index in [4.69, 9.17) is 22.1 Å². The molecule has 12 heteroatoms. The Hall–Kier alpha value is -4.09. The Kier molecular flexibility index (Phi) is 6.85. The van der Waals surface area contributed by atoms with Gasteiger partial charge in [0.25, 0.3) is 0 Å². The largest absolute Gasteiger partial charge is 0.508 e. The monoisotopic (exact) mass is 562 g/mol. The number of nitrogens with one attached hydrogen (secondary N) is 1. The predicted molar refractivity (Wildman–Crippen MR) is 153 cm³/mol. The number of ether oxygens (including phenoxy) is 1. The quantitative estimate of drug-likeness (QED) is 0.176. The van der Waals surface area contributed by atoms with Crippen molar-refractivity contribution in [1.29, 1.82) is 0 Å². The molecule has 3 aromatic heterocycles. The lowest BCUT2D eigenvalue weighted by Gasteiger charge is -2.39. The Labute approximate surface area is 236 Å². The molecule has 2 aliphatic rings. The molecule has 2 saturated heterocycles. The minimum Gasteiger partial charge on any atom is -0.508 e. The fourth-order valence-corrected chi connectivity index (χ4v) is 6.19. The van der Waals surface area contributed by atoms with Crippen LogP contribution in [0.15, 0.2) is 54.0 Å². The van der Waals surface area contributed by atoms with Gasteiger partial charge in [-0.2, -0.15) is 10.2 Å². The van der Waals surface area contributed by atoms with E-state index in [9.17, 15) is 9.90 Å². The maximum Gasteiger partial charge on any atom is 0.319 e. The molecule has 0 radical (unpaired) electrons. The summed E-state index contributed by atoms with van der Waals surface area (Å²) in [5.74, 6) is 0.104. The Morgan fingerprint density at radius 2 is 1.95 bits per heavy atom. The van der Waals surface area contributed by atoms with Crippen molar-refractivity contribution in [3.05, 3.63) is 59.6 Å². The van der Waals surface area contributed by atoms with Gasteiger partial charge in [0.1, 0.15) is 11.6 Å². The number of fused-ring (bicyclic) bond motifs is 3. The average molecular weight is 563 g/mol. The second-order valence-corrected chi connectivity index (χ2v) is 10.9. The van der Waals surface area contributed by atoms with Crippen LogP contribution in [0.3, 0.4) is 0 Å². The van der Waals surface area contributed by atoms with Crippen LogP contribution in [0.25, 0.3) is 16.6 Å². The highest BCUT2D eigenvalue weighted by atomic mass is 35.5. The maximum absolute atomic E-state index is 12.0. The number of aromatic nitrogens is 4. The normalized spacial score (nSPS) is 21.2. The Morgan fingerprint density at radius 1 is 1.18 bits per heavy atom. The van der Waals surface area contributed by atoms with Gasteiger partial charge in [-0.25, -0.2) is 9.51 Å². The zero-order valence-corrected chi connectivity index (χ0v) is 23.0. The smallest absolute Gasteiger partial charge is 0.319 e. The number of benzene rings is 1. The van der Waals surface area contributed by atoms with Crippen LogP contribution in [0.1, 0.15) is 31.2 Å². The summed E-state index contributed by atoms with van der Waals surface area (Å²) in [5.41, 5.74) is 11.3. The van der Waals surface area contributed by atoms with Crippen LogP contribution in [-0.2, 0) is 16.6 Å². The molecule has 6 rings (SSSR count). The van der Waals surface area contributed by atoms with Crippen molar-refractivity contribution in [3.8, 4) is 16.9 Å². The highest BCUT2D eigenvalue weighted by molar-refractivity contribution is 6.33. The fraction of sp³-hybridized carbons (Fsp3) is 0.357. The van der Waals surface area contributed by atoms with E-state index < -0.39 is 0 Å². The molecule has 0 amide bonds. The minimum atomic E-state index is -0.200. The molecule has 4 aromatic rings. The van der Waals surface area contributed by atoms with E-state index in [1.807, 2.05) is 30.2 Å². The van der Waals surface area contributed by atoms with Crippen molar-refractivity contribution in [2.75, 3.05) is 19.0 Å². The predicted octanol–water partition coefficient (Wildman–Crippen LogP) is 3.71. The molecule has 0 spiro atoms. The lowest BCUT2D eigenvalue weighted by Crippen LogP contribution is -2.49. The summed E-state index contributed by atoms with van der Waals surface area (Å²) in [6.07, 6.45) is 11.3. The van der Waals surface area contributed by atoms with Crippen LogP contribution in [0.5, 0.6) is 5.75 Å². The van der Waals surface area contributed by atoms with Gasteiger partial charge in [0.15, 0.2) is 0 Å². The van der Waals surface area contributed by atoms with Crippen LogP contribution >= 0.6 is 11.6 Å². The third-order valence-corrected chi connectivity index (χ3v) is 8.20. The number of phenolic OH excluding ortho intramolecular Hbond substituents is 1. The average Bonchev–Trinajstić information content (AvgIpc) is 3.61. The molecule has 2 bridgehead atoms. The number of carbonyl (C=O) groups is 1. The lowest BCUT2D eigenvalue weighted by molar-refractivity contribution is -0.143. The molecule has 0 aliphatic carbocycles. The highest BCUT2D eigenvalue weighted by Gasteiger charge is 2.41. The van der Waals surface area contributed by atoms with Gasteiger partial charge in [-0.05, 0) is 43.9 Å². The van der Waals surface area contributed by atoms with E-state index in [2.05, 4.69) is 31.5 Å². The number of phenols is 1. The summed E-state index contributed by atoms with van der Waals surface area (Å²) in [6.45, 7) is 0.323. The van der Waals surface area contributed by atoms with Crippen LogP contribution in [0.2, 0.25) is 5.02 Å². The molecule has 0 saturated carbocycles. The third-order valence-electron chi connectivity index (χ3n) is 7.90. The van der Waals surface area contributed by atoms with Crippen molar-refractivity contribution >= 4 is 40.3 Å². The molecule has 1 unspecified atom stereocenters. The first-order valence-electron chi connectivity index (χ1n) is 13.2. The molecule has 11 nitrogen and oxygen atoms in total. The van der Waals surface area contributed by atoms with E-state index >= 15 is 0 Å². The molecule has 208 valence electrons. The van der Waals surface area contributed by atoms with Crippen LogP contribution in [-0.4, -0.2) is 73.0 Å². The number of carbonyl (C=O) groups excluding carboxylic acids is 1. The van der Waals surface area contributed by atoms with E-state index in [-0.39, 0.29) is 23.6 Å². The molecular formula is C28H31ClN8O3. The number of esters is 1. The number of piperidine rings is 1. The first-order chi connectivity index (χ1) is 19.3. The number of rotatable bonds is 7. The number of hydrogen-bond acceptors (Lipinski definition) is 8. The van der Waals surface area contributed by atoms with Crippen molar-refractivity contribution in [1.82, 2.24) is 24.3 Å². The molecule has 40 heavy (non-hydrogen) atoms. The number of halogens is 1. The Bertz CT molecular complexity index is 1600. The summed E-state index contributed by atoms with van der Waals surface area (Å²) in [7, 11) is 3.32. The lowest BCUT2D eigenvalue weighted by atomic mass is 9.96. The van der Waals surface area contributed by atoms with Crippen LogP contribution < -0.4 is 11.1 Å². The number of nitrogens with two attached hydrogens (primary N) is 1. The SMILES string of the molecule is COC(=O)CN1[C@@H]2CC[C@H]1CC(Nc1c(C(N)=Nc3ccc(O)cc3Cl)cnn3cc(-c4cnn(C)c4)cc13)C2. The number of hydrogen-bond donors (Lipinski definition) is 3. The van der Waals surface area contributed by atoms with Crippen molar-refractivity contribution < 1.29 is 14.6 Å². The number of nitrogens with zero attached hydrogens (tertiary/aromatic N) is 6. The first kappa shape index (κ1) is 26.1. The summed E-state index contributed by atoms with van der Waals surface area (Å²) in [6, 6.07) is 7.40. The van der Waals surface area contributed by atoms with Crippen molar-refractivity contribution in [2.24, 2.45) is 17.8 Å². The van der Waals surface area contributed by atoms with Gasteiger partial charge < -0.3 is 20.9 Å². The first-order valence-corrected chi connectivity index (χ1v) is 13.6. The van der Waals surface area contributed by atoms with Gasteiger partial charge in [0.2, 0.25) is 0 Å². The summed E-state index contributed by atoms with van der Waals surface area (Å²) in [5, 5.41) is 22.8. The van der Waals surface area contributed by atoms with Crippen LogP contribution in [0, 0.1) is 0 Å². The highest BCUT2D eigenvalue weighted by Crippen LogP contribution is 2.38. The van der Waals surface area contributed by atoms with E-state index in [1.54, 1.807) is 16.9 Å². The second kappa shape index (κ2) is 10.5. The Morgan fingerprint density at radius 3 is 2.62 bits per heavy atom. The summed E-state index contributed by atoms with van der Waals surface area (Å²) >= 11 is 6.32. The fourth-order valence-electron chi connectivity index (χ4n) is 5.98. The number of aromatic hydroxyl groups is 1. The van der Waals surface area contributed by atoms with Gasteiger partial charge >= 0.3 is 5.97 Å². The molecule has 5 heterocycles. The van der Waals surface area contributed by atoms with Crippen LogP contribution in [0.4, 0.5) is 11.4 Å². The molecule has 2 aliphatic heterocycles. The third kappa shape index (κ3) is 4.98. The Balaban J connectivity index is 1.38. The maximum atomic E-state index is 12.0. The molecule has 1 aromatic carbocycles. The standard InChI is InChI=1S/C28H31ClN8O3/c1-35-13-17(11-31-35)16-7-25-27(33-18-8-19-3-4-20(9-18)36(19)15-26(39)40-2)22(12-32-37(25)14-16)28(30)34-24-6-5-21(38)10-23(24)29/h5-7,10-14,18-20,33,38H,3-4,8-9,15H2,1-2H3,(H2,30,34)/t18?,19-,20+. The number of aliphatic imine (C=N–C) groups is 1. The van der Waals surface area contributed by atoms with Crippen molar-refractivity contribution in [2.45, 2.75) is 43.8 Å². The number of aryl methyl sites for hydroxylation is 1. The van der Waals surface area contributed by atoms with Crippen molar-refractivity contribution in [3.63, 3.8) is 0 Å². The topological polar surface area (TPSA) is 135 Å². The van der Waals surface area contributed by atoms with E-state index in [0.29, 0.717) is 34.9 Å². The minimum absolute atomic E-state index is 0.0530. The van der Waals surface area contributed by atoms with Gasteiger partial charge in [0, 0.05) is 54.8 Å². The zero-order chi connectivity index (χ0) is 28.0. The molecule has 4 N–H and O–H groups in total. The number of anilines is 1. The molecular weight excluding hydrogens is 532 g/mol. The van der Waals surface area contributed by atoms with Gasteiger partial charge in [-0.1, -0.05) is 11.6 Å². The van der Waals surface area contributed by atoms with E-state index in [1.165, 1.54) is 19.2 Å². The van der Waals surface area contributed by atoms with E-state index in [0.717, 1.165) is 48.0 Å². The molecule has 2 fully saturated rings.